The molecule has 1 atom stereocenters. The second kappa shape index (κ2) is 12.0. The number of hydrogen-bond acceptors (Lipinski definition) is 6. The molecule has 32 heavy (non-hydrogen) atoms. The van der Waals surface area contributed by atoms with Crippen molar-refractivity contribution in [1.82, 2.24) is 5.48 Å². The molecule has 0 bridgehead atoms. The van der Waals surface area contributed by atoms with E-state index in [4.69, 9.17) is 9.57 Å². The Bertz CT molecular complexity index is 799. The average molecular weight is 457 g/mol. The van der Waals surface area contributed by atoms with Crippen molar-refractivity contribution in [2.24, 2.45) is 0 Å². The number of halogens is 2. The van der Waals surface area contributed by atoms with Gasteiger partial charge in [0.1, 0.15) is 12.4 Å². The van der Waals surface area contributed by atoms with Crippen LogP contribution in [0.2, 0.25) is 0 Å². The lowest BCUT2D eigenvalue weighted by molar-refractivity contribution is -0.757. The molecule has 0 amide bonds. The minimum atomic E-state index is -3.03. The molecule has 0 fully saturated rings. The molecule has 9 heteroatoms. The fourth-order valence-corrected chi connectivity index (χ4v) is 3.79. The van der Waals surface area contributed by atoms with Crippen molar-refractivity contribution in [3.63, 3.8) is 0 Å². The van der Waals surface area contributed by atoms with Gasteiger partial charge in [0.05, 0.1) is 12.6 Å². The van der Waals surface area contributed by atoms with E-state index in [0.29, 0.717) is 24.2 Å². The van der Waals surface area contributed by atoms with E-state index in [0.717, 1.165) is 19.3 Å². The van der Waals surface area contributed by atoms with Gasteiger partial charge in [-0.15, -0.1) is 10.1 Å². The van der Waals surface area contributed by atoms with Crippen molar-refractivity contribution >= 4 is 0 Å². The molecule has 0 saturated heterocycles. The molecular formula is C23H34F2N2O5. The number of alkyl halides is 2. The van der Waals surface area contributed by atoms with Gasteiger partial charge in [-0.2, -0.15) is 5.48 Å². The maximum atomic E-state index is 15.0. The number of nitrogens with one attached hydrogen (secondary N) is 1. The summed E-state index contributed by atoms with van der Waals surface area (Å²) in [5.41, 5.74) is 4.37. The molecule has 1 aliphatic carbocycles. The van der Waals surface area contributed by atoms with Gasteiger partial charge in [-0.3, -0.25) is 0 Å². The Morgan fingerprint density at radius 3 is 2.66 bits per heavy atom. The quantitative estimate of drug-likeness (QED) is 0.168. The number of unbranched alkanes of at least 4 members (excludes halogenated alkanes) is 1. The topological polar surface area (TPSA) is 82.9 Å². The summed E-state index contributed by atoms with van der Waals surface area (Å²) in [6, 6.07) is 2.79. The minimum Gasteiger partial charge on any atom is -0.491 e. The lowest BCUT2D eigenvalue weighted by Crippen LogP contribution is -2.26. The van der Waals surface area contributed by atoms with E-state index in [9.17, 15) is 18.9 Å². The highest BCUT2D eigenvalue weighted by Crippen LogP contribution is 2.46. The average Bonchev–Trinajstić information content (AvgIpc) is 2.71. The minimum absolute atomic E-state index is 0.0107. The van der Waals surface area contributed by atoms with E-state index < -0.39 is 11.0 Å². The summed E-state index contributed by atoms with van der Waals surface area (Å²) in [6.07, 6.45) is 5.53. The molecule has 0 saturated carbocycles. The highest BCUT2D eigenvalue weighted by atomic mass is 19.3. The van der Waals surface area contributed by atoms with Crippen LogP contribution in [0.4, 0.5) is 8.78 Å². The van der Waals surface area contributed by atoms with Crippen molar-refractivity contribution < 1.29 is 28.3 Å². The summed E-state index contributed by atoms with van der Waals surface area (Å²) in [7, 11) is 0. The van der Waals surface area contributed by atoms with Gasteiger partial charge >= 0.3 is 0 Å². The summed E-state index contributed by atoms with van der Waals surface area (Å²) in [6.45, 7) is 7.40. The lowest BCUT2D eigenvalue weighted by atomic mass is 9.84. The van der Waals surface area contributed by atoms with Crippen LogP contribution in [0.3, 0.4) is 0 Å². The van der Waals surface area contributed by atoms with Crippen LogP contribution in [0.5, 0.6) is 11.5 Å². The molecule has 1 aliphatic rings. The van der Waals surface area contributed by atoms with Gasteiger partial charge < -0.3 is 14.4 Å². The number of hydroxylamine groups is 1. The van der Waals surface area contributed by atoms with E-state index in [1.165, 1.54) is 17.7 Å². The summed E-state index contributed by atoms with van der Waals surface area (Å²) in [5, 5.41) is 9.42. The molecule has 0 radical (unpaired) electrons. The first-order valence-electron chi connectivity index (χ1n) is 11.2. The highest BCUT2D eigenvalue weighted by Gasteiger charge is 2.34. The fraction of sp³-hybridized carbons (Fsp3) is 0.652. The molecule has 2 rings (SSSR count). The summed E-state index contributed by atoms with van der Waals surface area (Å²) >= 11 is 0. The predicted molar refractivity (Wildman–Crippen MR) is 118 cm³/mol. The zero-order valence-corrected chi connectivity index (χ0v) is 19.3. The predicted octanol–water partition coefficient (Wildman–Crippen LogP) is 6.06. The van der Waals surface area contributed by atoms with Crippen molar-refractivity contribution in [2.75, 3.05) is 13.2 Å². The maximum Gasteiger partial charge on any atom is 0.294 e. The van der Waals surface area contributed by atoms with Crippen LogP contribution in [-0.2, 0) is 10.8 Å². The zero-order chi connectivity index (χ0) is 23.7. The Kier molecular flexibility index (Phi) is 9.68. The third kappa shape index (κ3) is 7.62. The Hall–Kier alpha value is -2.42. The second-order valence-corrected chi connectivity index (χ2v) is 8.43. The first kappa shape index (κ1) is 25.8. The Labute approximate surface area is 188 Å². The van der Waals surface area contributed by atoms with Gasteiger partial charge in [0.15, 0.2) is 5.75 Å². The molecule has 0 heterocycles. The summed E-state index contributed by atoms with van der Waals surface area (Å²) < 4.78 is 35.9. The van der Waals surface area contributed by atoms with Crippen molar-refractivity contribution in [3.05, 3.63) is 45.0 Å². The second-order valence-electron chi connectivity index (χ2n) is 8.43. The molecule has 1 aromatic rings. The van der Waals surface area contributed by atoms with Gasteiger partial charge in [0.25, 0.3) is 11.0 Å². The smallest absolute Gasteiger partial charge is 0.294 e. The molecule has 1 aromatic carbocycles. The molecular weight excluding hydrogens is 422 g/mol. The fourth-order valence-electron chi connectivity index (χ4n) is 3.79. The van der Waals surface area contributed by atoms with Crippen LogP contribution in [-0.4, -0.2) is 24.3 Å². The van der Waals surface area contributed by atoms with Crippen LogP contribution in [0.25, 0.3) is 0 Å². The van der Waals surface area contributed by atoms with Crippen LogP contribution in [0.15, 0.2) is 23.8 Å². The van der Waals surface area contributed by atoms with E-state index >= 15 is 0 Å². The molecule has 0 aliphatic heterocycles. The zero-order valence-electron chi connectivity index (χ0n) is 19.3. The molecule has 1 N–H and O–H groups in total. The SMILES string of the molecule is CCCCC(F)(F)c1cc(ONCCO[N+](=O)[O-])c(C2C=C(C)CCC2)c(OC(C)C)c1. The van der Waals surface area contributed by atoms with Crippen molar-refractivity contribution in [3.8, 4) is 11.5 Å². The Balaban J connectivity index is 2.46. The first-order chi connectivity index (χ1) is 15.1. The van der Waals surface area contributed by atoms with Crippen LogP contribution in [0, 0.1) is 10.1 Å². The van der Waals surface area contributed by atoms with Crippen LogP contribution < -0.4 is 15.1 Å². The number of nitrogens with zero attached hydrogens (tertiary/aromatic N) is 1. The van der Waals surface area contributed by atoms with Gasteiger partial charge in [-0.05, 0) is 58.6 Å². The Morgan fingerprint density at radius 2 is 2.03 bits per heavy atom. The van der Waals surface area contributed by atoms with Crippen LogP contribution >= 0.6 is 0 Å². The number of allylic oxidation sites excluding steroid dienone is 2. The van der Waals surface area contributed by atoms with Gasteiger partial charge in [0.2, 0.25) is 0 Å². The highest BCUT2D eigenvalue weighted by molar-refractivity contribution is 5.53. The van der Waals surface area contributed by atoms with E-state index in [1.807, 2.05) is 20.8 Å². The molecule has 7 nitrogen and oxygen atoms in total. The molecule has 0 spiro atoms. The number of benzene rings is 1. The van der Waals surface area contributed by atoms with Crippen molar-refractivity contribution in [1.29, 1.82) is 0 Å². The third-order valence-electron chi connectivity index (χ3n) is 5.26. The standard InChI is InChI=1S/C23H34F2N2O5/c1-5-6-10-23(24,25)19-14-20(31-16(2)3)22(18-9-7-8-17(4)13-18)21(15-19)32-26-11-12-30-27(28)29/h13-16,18,26H,5-12H2,1-4H3. The van der Waals surface area contributed by atoms with Crippen LogP contribution in [0.1, 0.15) is 83.3 Å². The summed E-state index contributed by atoms with van der Waals surface area (Å²) in [5.74, 6) is -2.45. The largest absolute Gasteiger partial charge is 0.491 e. The molecule has 1 unspecified atom stereocenters. The Morgan fingerprint density at radius 1 is 1.31 bits per heavy atom. The summed E-state index contributed by atoms with van der Waals surface area (Å²) in [4.78, 5) is 20.3. The number of ether oxygens (including phenoxy) is 1. The number of rotatable bonds is 13. The van der Waals surface area contributed by atoms with E-state index in [2.05, 4.69) is 23.3 Å². The maximum absolute atomic E-state index is 15.0. The van der Waals surface area contributed by atoms with E-state index in [1.54, 1.807) is 0 Å². The monoisotopic (exact) mass is 456 g/mol. The molecule has 180 valence electrons. The van der Waals surface area contributed by atoms with Gasteiger partial charge in [-0.1, -0.05) is 25.0 Å². The lowest BCUT2D eigenvalue weighted by Gasteiger charge is -2.27. The number of hydrogen-bond donors (Lipinski definition) is 1. The molecule has 0 aromatic heterocycles. The van der Waals surface area contributed by atoms with Crippen molar-refractivity contribution in [2.45, 2.75) is 84.2 Å². The third-order valence-corrected chi connectivity index (χ3v) is 5.26. The van der Waals surface area contributed by atoms with E-state index in [-0.39, 0.29) is 42.9 Å². The first-order valence-corrected chi connectivity index (χ1v) is 11.2. The van der Waals surface area contributed by atoms with Gasteiger partial charge in [0, 0.05) is 23.5 Å². The van der Waals surface area contributed by atoms with Gasteiger partial charge in [-0.25, -0.2) is 8.78 Å². The normalized spacial score (nSPS) is 16.6.